The fraction of sp³-hybridized carbons (Fsp3) is 0.687. The van der Waals surface area contributed by atoms with Crippen LogP contribution in [-0.4, -0.2) is 37.2 Å². The summed E-state index contributed by atoms with van der Waals surface area (Å²) in [5.41, 5.74) is 0. The SMILES string of the molecule is CC/C=C\C/C=C\C/C=C\C/C=C\C/C=C\CCCCCCCCCC(=O)OCC(COC(=O)CCCCCCC/C=C\CCCC)OC(=O)CCCCCCCC/C=C\C/C=C\C/C=C\CCCCCCC. The molecule has 0 saturated carbocycles. The molecule has 1 unspecified atom stereocenters. The predicted molar refractivity (Wildman–Crippen MR) is 316 cm³/mol. The molecule has 1 atom stereocenters. The van der Waals surface area contributed by atoms with E-state index in [4.69, 9.17) is 14.2 Å². The second kappa shape index (κ2) is 60.6. The number of carbonyl (C=O) groups is 3. The van der Waals surface area contributed by atoms with Crippen LogP contribution in [-0.2, 0) is 28.6 Å². The summed E-state index contributed by atoms with van der Waals surface area (Å²) in [6.45, 7) is 6.46. The summed E-state index contributed by atoms with van der Waals surface area (Å²) in [6, 6.07) is 0. The van der Waals surface area contributed by atoms with E-state index in [0.29, 0.717) is 19.3 Å². The number of ether oxygens (including phenoxy) is 3. The van der Waals surface area contributed by atoms with Crippen molar-refractivity contribution in [3.63, 3.8) is 0 Å². The smallest absolute Gasteiger partial charge is 0.306 e. The van der Waals surface area contributed by atoms with Crippen LogP contribution in [0.25, 0.3) is 0 Å². The van der Waals surface area contributed by atoms with E-state index in [2.05, 4.69) is 130 Å². The Morgan fingerprint density at radius 3 is 0.890 bits per heavy atom. The molecule has 0 aliphatic heterocycles. The van der Waals surface area contributed by atoms with Crippen molar-refractivity contribution in [1.29, 1.82) is 0 Å². The maximum absolute atomic E-state index is 12.9. The molecule has 0 rings (SSSR count). The van der Waals surface area contributed by atoms with E-state index in [-0.39, 0.29) is 31.1 Å². The lowest BCUT2D eigenvalue weighted by atomic mass is 10.1. The molecular weight excluding hydrogens is 901 g/mol. The van der Waals surface area contributed by atoms with Crippen LogP contribution in [0.3, 0.4) is 0 Å². The number of hydrogen-bond acceptors (Lipinski definition) is 6. The van der Waals surface area contributed by atoms with Crippen molar-refractivity contribution in [1.82, 2.24) is 0 Å². The second-order valence-electron chi connectivity index (χ2n) is 19.9. The standard InChI is InChI=1S/C67H112O6/c1-4-7-10-13-16-19-22-24-26-28-30-32-33-35-36-38-40-42-45-48-51-54-57-60-66(69)72-63-64(62-71-65(68)59-56-53-50-47-44-21-18-15-12-9-6-3)73-67(70)61-58-55-52-49-46-43-41-39-37-34-31-29-27-25-23-20-17-14-11-8-5-2/h7,10,15-16,18-19,23-26,29-32,35-37,39,64H,4-6,8-9,11-14,17,20-22,27-28,33-34,38,40-63H2,1-3H3/b10-7-,18-15-,19-16-,25-23-,26-24-,31-29-,32-30-,36-35-,39-37-. The zero-order chi connectivity index (χ0) is 52.9. The molecule has 0 spiro atoms. The molecule has 0 bridgehead atoms. The van der Waals surface area contributed by atoms with Crippen molar-refractivity contribution < 1.29 is 28.6 Å². The summed E-state index contributed by atoms with van der Waals surface area (Å²) in [5, 5.41) is 0. The molecule has 0 N–H and O–H groups in total. The Labute approximate surface area is 450 Å². The third-order valence-corrected chi connectivity index (χ3v) is 12.7. The van der Waals surface area contributed by atoms with Crippen molar-refractivity contribution in [3.05, 3.63) is 109 Å². The topological polar surface area (TPSA) is 78.9 Å². The van der Waals surface area contributed by atoms with E-state index in [9.17, 15) is 14.4 Å². The van der Waals surface area contributed by atoms with Gasteiger partial charge in [-0.05, 0) is 122 Å². The van der Waals surface area contributed by atoms with Gasteiger partial charge in [0.1, 0.15) is 13.2 Å². The normalized spacial score (nSPS) is 12.9. The molecular formula is C67H112O6. The summed E-state index contributed by atoms with van der Waals surface area (Å²) in [6.07, 6.45) is 82.2. The molecule has 0 radical (unpaired) electrons. The maximum atomic E-state index is 12.9. The Hall–Kier alpha value is -3.93. The number of hydrogen-bond donors (Lipinski definition) is 0. The van der Waals surface area contributed by atoms with Gasteiger partial charge in [-0.15, -0.1) is 0 Å². The summed E-state index contributed by atoms with van der Waals surface area (Å²) in [5.74, 6) is -0.923. The lowest BCUT2D eigenvalue weighted by Gasteiger charge is -2.18. The van der Waals surface area contributed by atoms with Crippen molar-refractivity contribution in [2.24, 2.45) is 0 Å². The van der Waals surface area contributed by atoms with Crippen LogP contribution < -0.4 is 0 Å². The highest BCUT2D eigenvalue weighted by Crippen LogP contribution is 2.14. The highest BCUT2D eigenvalue weighted by Gasteiger charge is 2.19. The molecule has 0 amide bonds. The van der Waals surface area contributed by atoms with E-state index >= 15 is 0 Å². The molecule has 0 aromatic carbocycles. The molecule has 6 nitrogen and oxygen atoms in total. The minimum absolute atomic E-state index is 0.0926. The van der Waals surface area contributed by atoms with E-state index in [1.54, 1.807) is 0 Å². The van der Waals surface area contributed by atoms with Crippen molar-refractivity contribution >= 4 is 17.9 Å². The Morgan fingerprint density at radius 2 is 0.548 bits per heavy atom. The Morgan fingerprint density at radius 1 is 0.288 bits per heavy atom. The van der Waals surface area contributed by atoms with E-state index < -0.39 is 6.10 Å². The number of allylic oxidation sites excluding steroid dienone is 18. The lowest BCUT2D eigenvalue weighted by Crippen LogP contribution is -2.30. The fourth-order valence-electron chi connectivity index (χ4n) is 8.16. The summed E-state index contributed by atoms with van der Waals surface area (Å²) < 4.78 is 16.9. The first-order chi connectivity index (χ1) is 36.0. The molecule has 0 heterocycles. The summed E-state index contributed by atoms with van der Waals surface area (Å²) >= 11 is 0. The summed E-state index contributed by atoms with van der Waals surface area (Å²) in [4.78, 5) is 38.2. The molecule has 0 saturated heterocycles. The van der Waals surface area contributed by atoms with Crippen LogP contribution in [0.5, 0.6) is 0 Å². The van der Waals surface area contributed by atoms with Crippen molar-refractivity contribution in [2.45, 2.75) is 284 Å². The quantitative estimate of drug-likeness (QED) is 0.0261. The van der Waals surface area contributed by atoms with Crippen LogP contribution in [0.15, 0.2) is 109 Å². The van der Waals surface area contributed by atoms with Crippen LogP contribution in [0.4, 0.5) is 0 Å². The van der Waals surface area contributed by atoms with Crippen LogP contribution in [0.2, 0.25) is 0 Å². The van der Waals surface area contributed by atoms with Gasteiger partial charge in [-0.3, -0.25) is 14.4 Å². The average molecular weight is 1010 g/mol. The molecule has 0 aliphatic carbocycles. The Kier molecular flexibility index (Phi) is 57.4. The number of rotatable bonds is 54. The van der Waals surface area contributed by atoms with Gasteiger partial charge in [0.15, 0.2) is 6.10 Å². The first kappa shape index (κ1) is 69.1. The first-order valence-corrected chi connectivity index (χ1v) is 30.4. The van der Waals surface area contributed by atoms with Gasteiger partial charge in [-0.25, -0.2) is 0 Å². The Balaban J connectivity index is 4.38. The van der Waals surface area contributed by atoms with E-state index in [1.165, 1.54) is 103 Å². The molecule has 0 aliphatic rings. The Bertz CT molecular complexity index is 1490. The molecule has 6 heteroatoms. The zero-order valence-electron chi connectivity index (χ0n) is 47.6. The molecule has 0 aromatic heterocycles. The average Bonchev–Trinajstić information content (AvgIpc) is 3.39. The maximum Gasteiger partial charge on any atom is 0.306 e. The van der Waals surface area contributed by atoms with Gasteiger partial charge in [0, 0.05) is 19.3 Å². The van der Waals surface area contributed by atoms with Gasteiger partial charge in [0.2, 0.25) is 0 Å². The minimum Gasteiger partial charge on any atom is -0.462 e. The third kappa shape index (κ3) is 58.8. The van der Waals surface area contributed by atoms with Crippen LogP contribution in [0, 0.1) is 0 Å². The van der Waals surface area contributed by atoms with E-state index in [1.807, 2.05) is 0 Å². The molecule has 0 fully saturated rings. The van der Waals surface area contributed by atoms with Crippen molar-refractivity contribution in [2.75, 3.05) is 13.2 Å². The fourth-order valence-corrected chi connectivity index (χ4v) is 8.16. The number of unbranched alkanes of at least 4 members (excludes halogenated alkanes) is 25. The third-order valence-electron chi connectivity index (χ3n) is 12.7. The second-order valence-corrected chi connectivity index (χ2v) is 19.9. The molecule has 73 heavy (non-hydrogen) atoms. The first-order valence-electron chi connectivity index (χ1n) is 30.4. The molecule has 416 valence electrons. The predicted octanol–water partition coefficient (Wildman–Crippen LogP) is 20.7. The van der Waals surface area contributed by atoms with E-state index in [0.717, 1.165) is 135 Å². The largest absolute Gasteiger partial charge is 0.462 e. The van der Waals surface area contributed by atoms with Gasteiger partial charge < -0.3 is 14.2 Å². The summed E-state index contributed by atoms with van der Waals surface area (Å²) in [7, 11) is 0. The van der Waals surface area contributed by atoms with Gasteiger partial charge in [0.25, 0.3) is 0 Å². The lowest BCUT2D eigenvalue weighted by molar-refractivity contribution is -0.167. The number of esters is 3. The minimum atomic E-state index is -0.796. The van der Waals surface area contributed by atoms with Crippen LogP contribution in [0.1, 0.15) is 278 Å². The van der Waals surface area contributed by atoms with Crippen LogP contribution >= 0.6 is 0 Å². The zero-order valence-corrected chi connectivity index (χ0v) is 47.6. The van der Waals surface area contributed by atoms with Gasteiger partial charge >= 0.3 is 17.9 Å². The highest BCUT2D eigenvalue weighted by atomic mass is 16.6. The van der Waals surface area contributed by atoms with Gasteiger partial charge in [0.05, 0.1) is 0 Å². The monoisotopic (exact) mass is 1010 g/mol. The number of carbonyl (C=O) groups excluding carboxylic acids is 3. The molecule has 0 aromatic rings. The van der Waals surface area contributed by atoms with Gasteiger partial charge in [-0.1, -0.05) is 246 Å². The van der Waals surface area contributed by atoms with Crippen molar-refractivity contribution in [3.8, 4) is 0 Å². The van der Waals surface area contributed by atoms with Gasteiger partial charge in [-0.2, -0.15) is 0 Å². The highest BCUT2D eigenvalue weighted by molar-refractivity contribution is 5.71.